The predicted molar refractivity (Wildman–Crippen MR) is 64.2 cm³/mol. The summed E-state index contributed by atoms with van der Waals surface area (Å²) in [4.78, 5) is 4.80. The molecule has 1 fully saturated rings. The normalized spacial score (nSPS) is 19.1. The Morgan fingerprint density at radius 2 is 1.88 bits per heavy atom. The number of hydrogen-bond acceptors (Lipinski definition) is 4. The van der Waals surface area contributed by atoms with Crippen molar-refractivity contribution in [2.75, 3.05) is 39.8 Å². The molecule has 2 heterocycles. The molecule has 1 aromatic heterocycles. The highest BCUT2D eigenvalue weighted by atomic mass is 16.3. The van der Waals surface area contributed by atoms with Crippen LogP contribution in [0, 0.1) is 0 Å². The zero-order chi connectivity index (χ0) is 11.4. The maximum atomic E-state index is 5.72. The second-order valence-electron chi connectivity index (χ2n) is 4.49. The third-order valence-corrected chi connectivity index (χ3v) is 3.08. The predicted octanol–water partition coefficient (Wildman–Crippen LogP) is 0.528. The number of nitrogens with zero attached hydrogens (tertiary/aromatic N) is 2. The number of rotatable bonds is 4. The van der Waals surface area contributed by atoms with Gasteiger partial charge < -0.3 is 15.1 Å². The molecule has 0 aliphatic carbocycles. The molecule has 90 valence electrons. The molecule has 0 spiro atoms. The minimum atomic E-state index is 0.654. The van der Waals surface area contributed by atoms with Gasteiger partial charge in [0.25, 0.3) is 0 Å². The van der Waals surface area contributed by atoms with Gasteiger partial charge in [0, 0.05) is 32.6 Å². The molecule has 0 saturated carbocycles. The van der Waals surface area contributed by atoms with Crippen LogP contribution in [0.3, 0.4) is 0 Å². The first-order chi connectivity index (χ1) is 7.78. The highest BCUT2D eigenvalue weighted by Crippen LogP contribution is 2.12. The van der Waals surface area contributed by atoms with E-state index in [-0.39, 0.29) is 0 Å². The van der Waals surface area contributed by atoms with E-state index in [1.807, 2.05) is 6.07 Å². The van der Waals surface area contributed by atoms with Crippen LogP contribution >= 0.6 is 0 Å². The van der Waals surface area contributed by atoms with Crippen LogP contribution in [0.5, 0.6) is 0 Å². The summed E-state index contributed by atoms with van der Waals surface area (Å²) in [7, 11) is 2.17. The second-order valence-corrected chi connectivity index (χ2v) is 4.49. The van der Waals surface area contributed by atoms with Crippen molar-refractivity contribution in [3.8, 4) is 0 Å². The minimum Gasteiger partial charge on any atom is -0.465 e. The molecule has 4 heteroatoms. The maximum Gasteiger partial charge on any atom is 0.118 e. The van der Waals surface area contributed by atoms with E-state index in [0.29, 0.717) is 6.54 Å². The van der Waals surface area contributed by atoms with Crippen molar-refractivity contribution in [2.45, 2.75) is 13.0 Å². The number of likely N-dealkylation sites (N-methyl/N-ethyl adjacent to an activating group) is 1. The molecular weight excluding hydrogens is 202 g/mol. The van der Waals surface area contributed by atoms with Crippen LogP contribution < -0.4 is 5.73 Å². The Kier molecular flexibility index (Phi) is 3.98. The standard InChI is InChI=1S/C12H21N3O/c1-14-6-8-15(9-7-14)10-12-3-2-11(16-12)4-5-13/h2-3H,4-10,13H2,1H3. The van der Waals surface area contributed by atoms with Gasteiger partial charge in [0.2, 0.25) is 0 Å². The lowest BCUT2D eigenvalue weighted by Crippen LogP contribution is -2.43. The Bertz CT molecular complexity index is 316. The van der Waals surface area contributed by atoms with Crippen molar-refractivity contribution in [3.05, 3.63) is 23.7 Å². The van der Waals surface area contributed by atoms with Crippen LogP contribution in [0.15, 0.2) is 16.5 Å². The van der Waals surface area contributed by atoms with Crippen LogP contribution in [0.2, 0.25) is 0 Å². The van der Waals surface area contributed by atoms with Crippen LogP contribution in [0.4, 0.5) is 0 Å². The number of furan rings is 1. The monoisotopic (exact) mass is 223 g/mol. The van der Waals surface area contributed by atoms with Gasteiger partial charge in [0.15, 0.2) is 0 Å². The third kappa shape index (κ3) is 3.07. The van der Waals surface area contributed by atoms with Gasteiger partial charge in [-0.15, -0.1) is 0 Å². The molecule has 1 saturated heterocycles. The molecule has 0 amide bonds. The van der Waals surface area contributed by atoms with E-state index < -0.39 is 0 Å². The van der Waals surface area contributed by atoms with Crippen molar-refractivity contribution in [1.29, 1.82) is 0 Å². The van der Waals surface area contributed by atoms with Crippen molar-refractivity contribution in [2.24, 2.45) is 5.73 Å². The van der Waals surface area contributed by atoms with E-state index in [0.717, 1.165) is 50.7 Å². The summed E-state index contributed by atoms with van der Waals surface area (Å²) in [6.45, 7) is 6.14. The van der Waals surface area contributed by atoms with E-state index in [4.69, 9.17) is 10.2 Å². The fourth-order valence-corrected chi connectivity index (χ4v) is 2.01. The number of nitrogens with two attached hydrogens (primary N) is 1. The molecule has 0 aromatic carbocycles. The third-order valence-electron chi connectivity index (χ3n) is 3.08. The molecule has 0 bridgehead atoms. The Morgan fingerprint density at radius 1 is 1.19 bits per heavy atom. The first-order valence-electron chi connectivity index (χ1n) is 5.96. The second kappa shape index (κ2) is 5.48. The Morgan fingerprint density at radius 3 is 2.56 bits per heavy atom. The van der Waals surface area contributed by atoms with E-state index in [9.17, 15) is 0 Å². The number of hydrogen-bond donors (Lipinski definition) is 1. The molecule has 1 aromatic rings. The van der Waals surface area contributed by atoms with Gasteiger partial charge in [-0.2, -0.15) is 0 Å². The molecule has 0 radical (unpaired) electrons. The van der Waals surface area contributed by atoms with E-state index in [1.54, 1.807) is 0 Å². The molecule has 16 heavy (non-hydrogen) atoms. The van der Waals surface area contributed by atoms with Gasteiger partial charge in [0.05, 0.1) is 6.54 Å². The summed E-state index contributed by atoms with van der Waals surface area (Å²) in [5, 5.41) is 0. The van der Waals surface area contributed by atoms with Crippen molar-refractivity contribution < 1.29 is 4.42 Å². The molecule has 2 N–H and O–H groups in total. The highest BCUT2D eigenvalue weighted by molar-refractivity contribution is 5.07. The molecule has 0 unspecified atom stereocenters. The molecule has 1 aliphatic rings. The van der Waals surface area contributed by atoms with Crippen LogP contribution in [-0.2, 0) is 13.0 Å². The fraction of sp³-hybridized carbons (Fsp3) is 0.667. The summed E-state index contributed by atoms with van der Waals surface area (Å²) < 4.78 is 5.72. The van der Waals surface area contributed by atoms with Gasteiger partial charge in [0.1, 0.15) is 11.5 Å². The Hall–Kier alpha value is -0.840. The summed E-state index contributed by atoms with van der Waals surface area (Å²) >= 11 is 0. The first kappa shape index (κ1) is 11.6. The van der Waals surface area contributed by atoms with E-state index in [1.165, 1.54) is 0 Å². The minimum absolute atomic E-state index is 0.654. The van der Waals surface area contributed by atoms with Crippen LogP contribution in [0.1, 0.15) is 11.5 Å². The Labute approximate surface area is 97.0 Å². The molecule has 1 aliphatic heterocycles. The lowest BCUT2D eigenvalue weighted by atomic mass is 10.3. The van der Waals surface area contributed by atoms with Gasteiger partial charge in [-0.05, 0) is 25.7 Å². The molecular formula is C12H21N3O. The number of piperazine rings is 1. The summed E-state index contributed by atoms with van der Waals surface area (Å²) in [6.07, 6.45) is 0.836. The topological polar surface area (TPSA) is 45.6 Å². The van der Waals surface area contributed by atoms with Crippen molar-refractivity contribution in [1.82, 2.24) is 9.80 Å². The highest BCUT2D eigenvalue weighted by Gasteiger charge is 2.15. The fourth-order valence-electron chi connectivity index (χ4n) is 2.01. The van der Waals surface area contributed by atoms with Crippen LogP contribution in [0.25, 0.3) is 0 Å². The maximum absolute atomic E-state index is 5.72. The van der Waals surface area contributed by atoms with Gasteiger partial charge in [-0.25, -0.2) is 0 Å². The average Bonchev–Trinajstić information content (AvgIpc) is 2.70. The van der Waals surface area contributed by atoms with Crippen LogP contribution in [-0.4, -0.2) is 49.6 Å². The first-order valence-corrected chi connectivity index (χ1v) is 5.96. The molecule has 0 atom stereocenters. The van der Waals surface area contributed by atoms with E-state index >= 15 is 0 Å². The zero-order valence-corrected chi connectivity index (χ0v) is 9.98. The van der Waals surface area contributed by atoms with Gasteiger partial charge >= 0.3 is 0 Å². The van der Waals surface area contributed by atoms with Gasteiger partial charge in [-0.3, -0.25) is 4.90 Å². The lowest BCUT2D eigenvalue weighted by Gasteiger charge is -2.31. The molecule has 2 rings (SSSR count). The average molecular weight is 223 g/mol. The smallest absolute Gasteiger partial charge is 0.118 e. The quantitative estimate of drug-likeness (QED) is 0.808. The van der Waals surface area contributed by atoms with E-state index in [2.05, 4.69) is 22.9 Å². The SMILES string of the molecule is CN1CCN(Cc2ccc(CCN)o2)CC1. The summed E-state index contributed by atoms with van der Waals surface area (Å²) in [5.41, 5.74) is 5.49. The molecule has 4 nitrogen and oxygen atoms in total. The van der Waals surface area contributed by atoms with Gasteiger partial charge in [-0.1, -0.05) is 0 Å². The van der Waals surface area contributed by atoms with Crippen molar-refractivity contribution in [3.63, 3.8) is 0 Å². The summed E-state index contributed by atoms with van der Waals surface area (Å²) in [6, 6.07) is 4.11. The largest absolute Gasteiger partial charge is 0.465 e. The summed E-state index contributed by atoms with van der Waals surface area (Å²) in [5.74, 6) is 2.07. The lowest BCUT2D eigenvalue weighted by molar-refractivity contribution is 0.139. The zero-order valence-electron chi connectivity index (χ0n) is 9.98. The Balaban J connectivity index is 1.83. The van der Waals surface area contributed by atoms with Crippen molar-refractivity contribution >= 4 is 0 Å².